The lowest BCUT2D eigenvalue weighted by atomic mass is 10.2. The van der Waals surface area contributed by atoms with Crippen LogP contribution in [0.5, 0.6) is 0 Å². The second-order valence-corrected chi connectivity index (χ2v) is 7.78. The van der Waals surface area contributed by atoms with Crippen LogP contribution in [0.3, 0.4) is 0 Å². The summed E-state index contributed by atoms with van der Waals surface area (Å²) in [6, 6.07) is 7.59. The highest BCUT2D eigenvalue weighted by Gasteiger charge is 2.26. The summed E-state index contributed by atoms with van der Waals surface area (Å²) in [7, 11) is 1.57. The number of nitrogen functional groups attached to an aromatic ring is 1. The van der Waals surface area contributed by atoms with Crippen molar-refractivity contribution in [2.45, 2.75) is 26.0 Å². The zero-order valence-corrected chi connectivity index (χ0v) is 18.0. The van der Waals surface area contributed by atoms with Gasteiger partial charge in [0, 0.05) is 33.3 Å². The van der Waals surface area contributed by atoms with E-state index in [0.29, 0.717) is 35.7 Å². The van der Waals surface area contributed by atoms with Gasteiger partial charge in [-0.05, 0) is 25.5 Å². The fourth-order valence-corrected chi connectivity index (χ4v) is 3.93. The van der Waals surface area contributed by atoms with Crippen molar-refractivity contribution in [2.75, 3.05) is 52.3 Å². The Balaban J connectivity index is 1.67. The number of nitrogens with zero attached hydrogens (tertiary/aromatic N) is 4. The van der Waals surface area contributed by atoms with Crippen molar-refractivity contribution in [3.63, 3.8) is 0 Å². The molecule has 1 aliphatic heterocycles. The van der Waals surface area contributed by atoms with Gasteiger partial charge in [0.1, 0.15) is 23.0 Å². The quantitative estimate of drug-likeness (QED) is 0.545. The number of morpholine rings is 1. The molecular formula is C22H29N5O4. The SMILES string of the molecule is COCC(C)OC(=O)c1c(N)n(CCCN2CCOCC2)c2nc3ccccc3nc12. The zero-order chi connectivity index (χ0) is 21.8. The second kappa shape index (κ2) is 9.59. The van der Waals surface area contributed by atoms with Crippen LogP contribution in [0.1, 0.15) is 23.7 Å². The number of aromatic nitrogens is 3. The summed E-state index contributed by atoms with van der Waals surface area (Å²) in [6.45, 7) is 7.03. The number of hydrogen-bond donors (Lipinski definition) is 1. The highest BCUT2D eigenvalue weighted by atomic mass is 16.6. The van der Waals surface area contributed by atoms with Crippen molar-refractivity contribution >= 4 is 34.0 Å². The van der Waals surface area contributed by atoms with Crippen LogP contribution in [-0.2, 0) is 20.8 Å². The molecule has 31 heavy (non-hydrogen) atoms. The number of carbonyl (C=O) groups excluding carboxylic acids is 1. The first-order valence-corrected chi connectivity index (χ1v) is 10.6. The van der Waals surface area contributed by atoms with Gasteiger partial charge in [-0.25, -0.2) is 14.8 Å². The number of carbonyl (C=O) groups is 1. The average Bonchev–Trinajstić information content (AvgIpc) is 3.03. The summed E-state index contributed by atoms with van der Waals surface area (Å²) in [5.41, 5.74) is 9.27. The third-order valence-electron chi connectivity index (χ3n) is 5.47. The maximum Gasteiger partial charge on any atom is 0.344 e. The lowest BCUT2D eigenvalue weighted by Gasteiger charge is -2.26. The molecule has 3 aromatic rings. The van der Waals surface area contributed by atoms with Gasteiger partial charge in [-0.2, -0.15) is 0 Å². The predicted molar refractivity (Wildman–Crippen MR) is 118 cm³/mol. The van der Waals surface area contributed by atoms with Crippen LogP contribution in [-0.4, -0.2) is 78.1 Å². The van der Waals surface area contributed by atoms with Crippen molar-refractivity contribution in [1.82, 2.24) is 19.4 Å². The standard InChI is InChI=1S/C22H29N5O4/c1-15(14-29-2)31-22(28)18-19-21(25-17-7-4-3-6-16(17)24-19)27(20(18)23)9-5-8-26-10-12-30-13-11-26/h3-4,6-7,15H,5,8-14,23H2,1-2H3. The van der Waals surface area contributed by atoms with Gasteiger partial charge in [0.05, 0.1) is 30.9 Å². The van der Waals surface area contributed by atoms with Gasteiger partial charge in [-0.1, -0.05) is 12.1 Å². The summed E-state index contributed by atoms with van der Waals surface area (Å²) in [5.74, 6) is -0.175. The Labute approximate surface area is 181 Å². The molecule has 1 unspecified atom stereocenters. The van der Waals surface area contributed by atoms with E-state index in [1.54, 1.807) is 14.0 Å². The maximum absolute atomic E-state index is 13.0. The molecule has 0 aliphatic carbocycles. The van der Waals surface area contributed by atoms with Crippen LogP contribution in [0.4, 0.5) is 5.82 Å². The van der Waals surface area contributed by atoms with Crippen LogP contribution in [0.15, 0.2) is 24.3 Å². The maximum atomic E-state index is 13.0. The Morgan fingerprint density at radius 1 is 1.19 bits per heavy atom. The molecule has 1 aliphatic rings. The summed E-state index contributed by atoms with van der Waals surface area (Å²) >= 11 is 0. The Kier molecular flexibility index (Phi) is 6.64. The van der Waals surface area contributed by atoms with Crippen LogP contribution in [0.2, 0.25) is 0 Å². The van der Waals surface area contributed by atoms with Crippen LogP contribution < -0.4 is 5.73 Å². The number of aryl methyl sites for hydroxylation is 1. The fraction of sp³-hybridized carbons (Fsp3) is 0.500. The van der Waals surface area contributed by atoms with Crippen molar-refractivity contribution in [3.05, 3.63) is 29.8 Å². The molecule has 0 spiro atoms. The molecule has 0 saturated carbocycles. The molecule has 3 heterocycles. The summed E-state index contributed by atoms with van der Waals surface area (Å²) in [4.78, 5) is 24.8. The molecule has 1 saturated heterocycles. The van der Waals surface area contributed by atoms with Crippen LogP contribution in [0.25, 0.3) is 22.2 Å². The first-order chi connectivity index (χ1) is 15.1. The zero-order valence-electron chi connectivity index (χ0n) is 18.0. The number of methoxy groups -OCH3 is 1. The van der Waals surface area contributed by atoms with E-state index in [0.717, 1.165) is 44.8 Å². The molecule has 166 valence electrons. The minimum absolute atomic E-state index is 0.266. The Hall–Kier alpha value is -2.75. The van der Waals surface area contributed by atoms with E-state index in [1.165, 1.54) is 0 Å². The molecular weight excluding hydrogens is 398 g/mol. The molecule has 1 atom stereocenters. The van der Waals surface area contributed by atoms with Gasteiger partial charge < -0.3 is 24.5 Å². The van der Waals surface area contributed by atoms with Gasteiger partial charge in [0.15, 0.2) is 5.65 Å². The monoisotopic (exact) mass is 427 g/mol. The number of fused-ring (bicyclic) bond motifs is 2. The molecule has 1 aromatic carbocycles. The van der Waals surface area contributed by atoms with E-state index >= 15 is 0 Å². The summed E-state index contributed by atoms with van der Waals surface area (Å²) in [6.07, 6.45) is 0.474. The van der Waals surface area contributed by atoms with E-state index < -0.39 is 12.1 Å². The van der Waals surface area contributed by atoms with E-state index in [4.69, 9.17) is 29.9 Å². The van der Waals surface area contributed by atoms with Gasteiger partial charge >= 0.3 is 5.97 Å². The van der Waals surface area contributed by atoms with Crippen molar-refractivity contribution in [2.24, 2.45) is 0 Å². The van der Waals surface area contributed by atoms with E-state index in [-0.39, 0.29) is 5.56 Å². The summed E-state index contributed by atoms with van der Waals surface area (Å²) < 4.78 is 17.9. The number of ether oxygens (including phenoxy) is 3. The number of hydrogen-bond acceptors (Lipinski definition) is 8. The number of para-hydroxylation sites is 2. The third-order valence-corrected chi connectivity index (χ3v) is 5.47. The molecule has 4 rings (SSSR count). The lowest BCUT2D eigenvalue weighted by molar-refractivity contribution is 0.0123. The van der Waals surface area contributed by atoms with E-state index in [2.05, 4.69) is 4.90 Å². The second-order valence-electron chi connectivity index (χ2n) is 7.78. The number of benzene rings is 1. The minimum atomic E-state index is -0.511. The average molecular weight is 428 g/mol. The minimum Gasteiger partial charge on any atom is -0.456 e. The van der Waals surface area contributed by atoms with Crippen molar-refractivity contribution in [1.29, 1.82) is 0 Å². The van der Waals surface area contributed by atoms with Crippen molar-refractivity contribution < 1.29 is 19.0 Å². The molecule has 0 bridgehead atoms. The third kappa shape index (κ3) is 4.63. The highest BCUT2D eigenvalue weighted by molar-refractivity contribution is 6.08. The lowest BCUT2D eigenvalue weighted by Crippen LogP contribution is -2.37. The molecule has 2 aromatic heterocycles. The molecule has 0 amide bonds. The van der Waals surface area contributed by atoms with Crippen LogP contribution >= 0.6 is 0 Å². The smallest absolute Gasteiger partial charge is 0.344 e. The normalized spacial score (nSPS) is 16.1. The largest absolute Gasteiger partial charge is 0.456 e. The Bertz CT molecular complexity index is 1060. The topological polar surface area (TPSA) is 105 Å². The predicted octanol–water partition coefficient (Wildman–Crippen LogP) is 2.08. The number of anilines is 1. The van der Waals surface area contributed by atoms with Gasteiger partial charge in [0.25, 0.3) is 0 Å². The Morgan fingerprint density at radius 3 is 2.61 bits per heavy atom. The molecule has 0 radical (unpaired) electrons. The van der Waals surface area contributed by atoms with Gasteiger partial charge in [0.2, 0.25) is 0 Å². The van der Waals surface area contributed by atoms with Gasteiger partial charge in [-0.3, -0.25) is 4.90 Å². The van der Waals surface area contributed by atoms with E-state index in [1.807, 2.05) is 28.8 Å². The Morgan fingerprint density at radius 2 is 1.90 bits per heavy atom. The first-order valence-electron chi connectivity index (χ1n) is 10.6. The van der Waals surface area contributed by atoms with E-state index in [9.17, 15) is 4.79 Å². The number of esters is 1. The van der Waals surface area contributed by atoms with Gasteiger partial charge in [-0.15, -0.1) is 0 Å². The summed E-state index contributed by atoms with van der Waals surface area (Å²) in [5, 5.41) is 0. The van der Waals surface area contributed by atoms with Crippen LogP contribution in [0, 0.1) is 0 Å². The van der Waals surface area contributed by atoms with Crippen molar-refractivity contribution in [3.8, 4) is 0 Å². The molecule has 2 N–H and O–H groups in total. The molecule has 1 fully saturated rings. The number of rotatable bonds is 8. The first kappa shape index (κ1) is 21.5. The highest BCUT2D eigenvalue weighted by Crippen LogP contribution is 2.29. The molecule has 9 heteroatoms. The fourth-order valence-electron chi connectivity index (χ4n) is 3.93. The number of nitrogens with two attached hydrogens (primary N) is 1. The molecule has 9 nitrogen and oxygen atoms in total.